The quantitative estimate of drug-likeness (QED) is 0.408. The summed E-state index contributed by atoms with van der Waals surface area (Å²) < 4.78 is 0. The molecule has 0 heterocycles. The van der Waals surface area contributed by atoms with E-state index in [4.69, 9.17) is 11.6 Å². The van der Waals surface area contributed by atoms with E-state index in [1.807, 2.05) is 6.08 Å². The normalized spacial score (nSPS) is 12.3. The van der Waals surface area contributed by atoms with Gasteiger partial charge in [-0.2, -0.15) is 0 Å². The SMILES string of the molecule is CC[SiH2]CC=CCl. The predicted molar refractivity (Wildman–Crippen MR) is 38.8 cm³/mol. The summed E-state index contributed by atoms with van der Waals surface area (Å²) in [5.41, 5.74) is 1.61. The van der Waals surface area contributed by atoms with E-state index in [1.54, 1.807) is 5.54 Å². The van der Waals surface area contributed by atoms with E-state index in [-0.39, 0.29) is 9.52 Å². The van der Waals surface area contributed by atoms with Crippen LogP contribution in [-0.4, -0.2) is 9.52 Å². The highest BCUT2D eigenvalue weighted by Gasteiger charge is 1.75. The summed E-state index contributed by atoms with van der Waals surface area (Å²) in [5, 5.41) is 0. The van der Waals surface area contributed by atoms with E-state index < -0.39 is 0 Å². The van der Waals surface area contributed by atoms with Crippen molar-refractivity contribution >= 4 is 21.1 Å². The third-order valence-corrected chi connectivity index (χ3v) is 2.44. The zero-order valence-corrected chi connectivity index (χ0v) is 6.82. The van der Waals surface area contributed by atoms with Crippen LogP contribution in [0, 0.1) is 0 Å². The van der Waals surface area contributed by atoms with Crippen molar-refractivity contribution < 1.29 is 0 Å². The molecule has 42 valence electrons. The summed E-state index contributed by atoms with van der Waals surface area (Å²) in [6.45, 7) is 2.23. The minimum Gasteiger partial charge on any atom is -0.0933 e. The van der Waals surface area contributed by atoms with E-state index in [1.165, 1.54) is 12.1 Å². The molecule has 0 aromatic carbocycles. The van der Waals surface area contributed by atoms with Crippen molar-refractivity contribution in [3.8, 4) is 0 Å². The minimum absolute atomic E-state index is 0.239. The molecule has 0 aliphatic heterocycles. The average Bonchev–Trinajstić information content (AvgIpc) is 1.69. The van der Waals surface area contributed by atoms with Crippen LogP contribution in [0.3, 0.4) is 0 Å². The lowest BCUT2D eigenvalue weighted by Gasteiger charge is -1.81. The molecule has 0 rings (SSSR count). The molecule has 0 saturated carbocycles. The third kappa shape index (κ3) is 6.25. The molecule has 0 radical (unpaired) electrons. The van der Waals surface area contributed by atoms with Crippen LogP contribution in [0.25, 0.3) is 0 Å². The van der Waals surface area contributed by atoms with E-state index >= 15 is 0 Å². The smallest absolute Gasteiger partial charge is 0.0237 e. The number of hydrogen-bond acceptors (Lipinski definition) is 0. The van der Waals surface area contributed by atoms with Crippen LogP contribution in [0.5, 0.6) is 0 Å². The maximum atomic E-state index is 5.28. The molecule has 0 nitrogen and oxygen atoms in total. The lowest BCUT2D eigenvalue weighted by atomic mass is 10.8. The van der Waals surface area contributed by atoms with E-state index in [2.05, 4.69) is 6.92 Å². The first kappa shape index (κ1) is 7.25. The Bertz CT molecular complexity index is 52.0. The van der Waals surface area contributed by atoms with Gasteiger partial charge in [-0.3, -0.25) is 0 Å². The Morgan fingerprint density at radius 1 is 1.71 bits per heavy atom. The van der Waals surface area contributed by atoms with Gasteiger partial charge in [0.2, 0.25) is 0 Å². The highest BCUT2D eigenvalue weighted by molar-refractivity contribution is 6.36. The number of allylic oxidation sites excluding steroid dienone is 1. The molecule has 0 aliphatic rings. The summed E-state index contributed by atoms with van der Waals surface area (Å²) in [7, 11) is 0.239. The van der Waals surface area contributed by atoms with Gasteiger partial charge in [-0.1, -0.05) is 30.6 Å². The molecule has 0 fully saturated rings. The van der Waals surface area contributed by atoms with Crippen molar-refractivity contribution in [1.82, 2.24) is 0 Å². The molecule has 0 unspecified atom stereocenters. The van der Waals surface area contributed by atoms with E-state index in [9.17, 15) is 0 Å². The molecule has 0 amide bonds. The summed E-state index contributed by atoms with van der Waals surface area (Å²) in [4.78, 5) is 0. The Morgan fingerprint density at radius 3 is 2.86 bits per heavy atom. The molecule has 2 heteroatoms. The van der Waals surface area contributed by atoms with Gasteiger partial charge in [0, 0.05) is 9.52 Å². The van der Waals surface area contributed by atoms with Gasteiger partial charge in [0.15, 0.2) is 0 Å². The van der Waals surface area contributed by atoms with Crippen LogP contribution >= 0.6 is 11.6 Å². The van der Waals surface area contributed by atoms with E-state index in [0.717, 1.165) is 0 Å². The largest absolute Gasteiger partial charge is 0.0933 e. The van der Waals surface area contributed by atoms with Crippen molar-refractivity contribution in [3.05, 3.63) is 11.6 Å². The summed E-state index contributed by atoms with van der Waals surface area (Å²) in [5.74, 6) is 0. The summed E-state index contributed by atoms with van der Waals surface area (Å²) >= 11 is 5.28. The van der Waals surface area contributed by atoms with Crippen LogP contribution in [-0.2, 0) is 0 Å². The zero-order chi connectivity index (χ0) is 5.54. The molecule has 0 aliphatic carbocycles. The van der Waals surface area contributed by atoms with Gasteiger partial charge in [0.1, 0.15) is 0 Å². The Kier molecular flexibility index (Phi) is 6.47. The molecule has 0 atom stereocenters. The van der Waals surface area contributed by atoms with Gasteiger partial charge >= 0.3 is 0 Å². The van der Waals surface area contributed by atoms with Crippen LogP contribution in [0.2, 0.25) is 12.1 Å². The molecule has 0 saturated heterocycles. The lowest BCUT2D eigenvalue weighted by Crippen LogP contribution is -1.78. The first-order valence-electron chi connectivity index (χ1n) is 2.67. The van der Waals surface area contributed by atoms with Gasteiger partial charge in [-0.05, 0) is 11.6 Å². The van der Waals surface area contributed by atoms with Gasteiger partial charge in [-0.15, -0.1) is 0 Å². The standard InChI is InChI=1S/C5H11ClSi/c1-2-7-5-3-4-6/h3-4H,2,5,7H2,1H3. The first-order chi connectivity index (χ1) is 3.41. The molecule has 0 aromatic rings. The molecule has 0 N–H and O–H groups in total. The van der Waals surface area contributed by atoms with Crippen molar-refractivity contribution in [2.45, 2.75) is 19.0 Å². The maximum Gasteiger partial charge on any atom is 0.0237 e. The second kappa shape index (κ2) is 6.25. The molecular weight excluding hydrogens is 124 g/mol. The van der Waals surface area contributed by atoms with Crippen LogP contribution in [0.1, 0.15) is 6.92 Å². The van der Waals surface area contributed by atoms with Crippen molar-refractivity contribution in [3.63, 3.8) is 0 Å². The zero-order valence-electron chi connectivity index (χ0n) is 4.65. The number of halogens is 1. The van der Waals surface area contributed by atoms with Gasteiger partial charge in [-0.25, -0.2) is 0 Å². The molecule has 0 aromatic heterocycles. The van der Waals surface area contributed by atoms with Crippen LogP contribution < -0.4 is 0 Å². The molecular formula is C5H11ClSi. The molecule has 7 heavy (non-hydrogen) atoms. The summed E-state index contributed by atoms with van der Waals surface area (Å²) in [6, 6.07) is 2.65. The summed E-state index contributed by atoms with van der Waals surface area (Å²) in [6.07, 6.45) is 2.04. The third-order valence-electron chi connectivity index (χ3n) is 0.813. The number of rotatable bonds is 3. The fraction of sp³-hybridized carbons (Fsp3) is 0.600. The molecule has 0 bridgehead atoms. The highest BCUT2D eigenvalue weighted by Crippen LogP contribution is 1.87. The Morgan fingerprint density at radius 2 is 2.43 bits per heavy atom. The van der Waals surface area contributed by atoms with E-state index in [0.29, 0.717) is 0 Å². The first-order valence-corrected chi connectivity index (χ1v) is 5.10. The maximum absolute atomic E-state index is 5.28. The number of hydrogen-bond donors (Lipinski definition) is 0. The second-order valence-electron chi connectivity index (χ2n) is 1.50. The van der Waals surface area contributed by atoms with Gasteiger partial charge < -0.3 is 0 Å². The Labute approximate surface area is 52.4 Å². The Balaban J connectivity index is 2.69. The van der Waals surface area contributed by atoms with Crippen molar-refractivity contribution in [2.24, 2.45) is 0 Å². The van der Waals surface area contributed by atoms with Gasteiger partial charge in [0.25, 0.3) is 0 Å². The molecule has 0 spiro atoms. The van der Waals surface area contributed by atoms with Gasteiger partial charge in [0.05, 0.1) is 0 Å². The fourth-order valence-electron chi connectivity index (χ4n) is 0.385. The monoisotopic (exact) mass is 134 g/mol. The second-order valence-corrected chi connectivity index (χ2v) is 4.04. The van der Waals surface area contributed by atoms with Crippen LogP contribution in [0.4, 0.5) is 0 Å². The topological polar surface area (TPSA) is 0 Å². The minimum atomic E-state index is 0.239. The van der Waals surface area contributed by atoms with Crippen LogP contribution in [0.15, 0.2) is 11.6 Å². The lowest BCUT2D eigenvalue weighted by molar-refractivity contribution is 1.43. The highest BCUT2D eigenvalue weighted by atomic mass is 35.5. The fourth-order valence-corrected chi connectivity index (χ4v) is 1.53. The Hall–Kier alpha value is 0.247. The van der Waals surface area contributed by atoms with Crippen molar-refractivity contribution in [1.29, 1.82) is 0 Å². The van der Waals surface area contributed by atoms with Crippen molar-refractivity contribution in [2.75, 3.05) is 0 Å². The predicted octanol–water partition coefficient (Wildman–Crippen LogP) is 1.76. The average molecular weight is 135 g/mol.